The van der Waals surface area contributed by atoms with Gasteiger partial charge in [0.2, 0.25) is 0 Å². The van der Waals surface area contributed by atoms with E-state index in [2.05, 4.69) is 12.6 Å². The van der Waals surface area contributed by atoms with E-state index in [4.69, 9.17) is 9.15 Å². The monoisotopic (exact) mass is 258 g/mol. The van der Waals surface area contributed by atoms with Crippen molar-refractivity contribution in [3.63, 3.8) is 0 Å². The van der Waals surface area contributed by atoms with E-state index >= 15 is 0 Å². The summed E-state index contributed by atoms with van der Waals surface area (Å²) in [6.45, 7) is 1.78. The van der Waals surface area contributed by atoms with E-state index in [1.807, 2.05) is 23.9 Å². The Bertz CT molecular complexity index is 292. The van der Waals surface area contributed by atoms with Gasteiger partial charge in [-0.15, -0.1) is 0 Å². The van der Waals surface area contributed by atoms with Crippen LogP contribution in [0.4, 0.5) is 0 Å². The molecule has 0 N–H and O–H groups in total. The van der Waals surface area contributed by atoms with Crippen LogP contribution in [0.25, 0.3) is 0 Å². The molecule has 4 heteroatoms. The van der Waals surface area contributed by atoms with E-state index in [9.17, 15) is 0 Å². The Morgan fingerprint density at radius 2 is 2.19 bits per heavy atom. The second-order valence-electron chi connectivity index (χ2n) is 4.34. The molecular formula is C12H18O2S2. The molecule has 1 aliphatic heterocycles. The first-order valence-corrected chi connectivity index (χ1v) is 7.42. The van der Waals surface area contributed by atoms with Gasteiger partial charge in [0.15, 0.2) is 0 Å². The summed E-state index contributed by atoms with van der Waals surface area (Å²) < 4.78 is 10.7. The van der Waals surface area contributed by atoms with Crippen LogP contribution in [0.1, 0.15) is 18.6 Å². The maximum Gasteiger partial charge on any atom is 0.113 e. The van der Waals surface area contributed by atoms with Crippen molar-refractivity contribution in [1.29, 1.82) is 0 Å². The molecule has 0 bridgehead atoms. The highest BCUT2D eigenvalue weighted by atomic mass is 32.2. The fraction of sp³-hybridized carbons (Fsp3) is 0.667. The number of hydrogen-bond acceptors (Lipinski definition) is 4. The van der Waals surface area contributed by atoms with Crippen LogP contribution < -0.4 is 0 Å². The lowest BCUT2D eigenvalue weighted by Gasteiger charge is -2.35. The summed E-state index contributed by atoms with van der Waals surface area (Å²) in [7, 11) is 0. The highest BCUT2D eigenvalue weighted by Crippen LogP contribution is 2.36. The maximum atomic E-state index is 5.42. The summed E-state index contributed by atoms with van der Waals surface area (Å²) in [6, 6.07) is 3.98. The summed E-state index contributed by atoms with van der Waals surface area (Å²) in [5.41, 5.74) is 0.374. The zero-order valence-corrected chi connectivity index (χ0v) is 11.1. The van der Waals surface area contributed by atoms with Crippen molar-refractivity contribution in [2.24, 2.45) is 5.41 Å². The highest BCUT2D eigenvalue weighted by molar-refractivity contribution is 7.98. The molecule has 0 aromatic carbocycles. The van der Waals surface area contributed by atoms with E-state index in [0.29, 0.717) is 5.41 Å². The molecular weight excluding hydrogens is 240 g/mol. The van der Waals surface area contributed by atoms with Crippen LogP contribution >= 0.6 is 24.4 Å². The van der Waals surface area contributed by atoms with E-state index in [1.165, 1.54) is 0 Å². The lowest BCUT2D eigenvalue weighted by Crippen LogP contribution is -2.33. The first-order chi connectivity index (χ1) is 7.85. The number of ether oxygens (including phenoxy) is 1. The van der Waals surface area contributed by atoms with Crippen LogP contribution in [-0.2, 0) is 10.5 Å². The molecule has 1 saturated heterocycles. The molecule has 0 saturated carbocycles. The average molecular weight is 258 g/mol. The molecule has 1 aliphatic rings. The molecule has 16 heavy (non-hydrogen) atoms. The molecule has 0 spiro atoms. The smallest absolute Gasteiger partial charge is 0.113 e. The van der Waals surface area contributed by atoms with Crippen LogP contribution in [0.2, 0.25) is 0 Å². The predicted octanol–water partition coefficient (Wildman–Crippen LogP) is 3.24. The Labute approximate surface area is 107 Å². The van der Waals surface area contributed by atoms with Crippen molar-refractivity contribution in [3.05, 3.63) is 24.2 Å². The minimum atomic E-state index is 0.374. The molecule has 0 unspecified atom stereocenters. The van der Waals surface area contributed by atoms with Gasteiger partial charge >= 0.3 is 0 Å². The third-order valence-corrected chi connectivity index (χ3v) is 5.10. The topological polar surface area (TPSA) is 22.4 Å². The quantitative estimate of drug-likeness (QED) is 0.820. The third kappa shape index (κ3) is 3.22. The largest absolute Gasteiger partial charge is 0.468 e. The average Bonchev–Trinajstić information content (AvgIpc) is 2.83. The molecule has 1 aromatic heterocycles. The zero-order chi connectivity index (χ0) is 11.3. The van der Waals surface area contributed by atoms with Crippen LogP contribution in [0.5, 0.6) is 0 Å². The molecule has 2 rings (SSSR count). The van der Waals surface area contributed by atoms with Gasteiger partial charge < -0.3 is 9.15 Å². The second kappa shape index (κ2) is 6.03. The van der Waals surface area contributed by atoms with Crippen molar-refractivity contribution in [2.45, 2.75) is 18.6 Å². The van der Waals surface area contributed by atoms with Gasteiger partial charge in [-0.2, -0.15) is 24.4 Å². The fourth-order valence-corrected chi connectivity index (χ4v) is 3.79. The van der Waals surface area contributed by atoms with Gasteiger partial charge in [-0.3, -0.25) is 0 Å². The minimum absolute atomic E-state index is 0.374. The normalized spacial score (nSPS) is 19.8. The number of hydrogen-bond donors (Lipinski definition) is 1. The Morgan fingerprint density at radius 3 is 2.81 bits per heavy atom. The standard InChI is InChI=1S/C12H18O2S2/c15-9-12(3-6-13-7-4-12)10-16-8-11-2-1-5-14-11/h1-2,5,15H,3-4,6-10H2. The summed E-state index contributed by atoms with van der Waals surface area (Å²) in [5, 5.41) is 0. The van der Waals surface area contributed by atoms with Crippen LogP contribution in [0.15, 0.2) is 22.8 Å². The van der Waals surface area contributed by atoms with Crippen molar-refractivity contribution < 1.29 is 9.15 Å². The molecule has 2 nitrogen and oxygen atoms in total. The van der Waals surface area contributed by atoms with Gasteiger partial charge in [0.1, 0.15) is 5.76 Å². The van der Waals surface area contributed by atoms with Crippen LogP contribution in [0, 0.1) is 5.41 Å². The number of furan rings is 1. The van der Waals surface area contributed by atoms with Gasteiger partial charge in [0.25, 0.3) is 0 Å². The van der Waals surface area contributed by atoms with Gasteiger partial charge in [0.05, 0.1) is 12.0 Å². The van der Waals surface area contributed by atoms with Crippen molar-refractivity contribution >= 4 is 24.4 Å². The van der Waals surface area contributed by atoms with Crippen LogP contribution in [0.3, 0.4) is 0 Å². The first-order valence-electron chi connectivity index (χ1n) is 5.63. The number of thiol groups is 1. The van der Waals surface area contributed by atoms with Gasteiger partial charge in [-0.1, -0.05) is 0 Å². The number of rotatable bonds is 5. The van der Waals surface area contributed by atoms with E-state index in [1.54, 1.807) is 6.26 Å². The van der Waals surface area contributed by atoms with Gasteiger partial charge in [-0.25, -0.2) is 0 Å². The summed E-state index contributed by atoms with van der Waals surface area (Å²) >= 11 is 6.45. The molecule has 1 fully saturated rings. The predicted molar refractivity (Wildman–Crippen MR) is 71.2 cm³/mol. The van der Waals surface area contributed by atoms with E-state index in [0.717, 1.165) is 49.1 Å². The van der Waals surface area contributed by atoms with Gasteiger partial charge in [0, 0.05) is 19.0 Å². The lowest BCUT2D eigenvalue weighted by atomic mass is 9.84. The van der Waals surface area contributed by atoms with E-state index in [-0.39, 0.29) is 0 Å². The summed E-state index contributed by atoms with van der Waals surface area (Å²) in [4.78, 5) is 0. The Morgan fingerprint density at radius 1 is 1.38 bits per heavy atom. The Hall–Kier alpha value is -0.0600. The molecule has 0 atom stereocenters. The maximum absolute atomic E-state index is 5.42. The van der Waals surface area contributed by atoms with Crippen molar-refractivity contribution in [2.75, 3.05) is 24.7 Å². The van der Waals surface area contributed by atoms with Crippen LogP contribution in [-0.4, -0.2) is 24.7 Å². The minimum Gasteiger partial charge on any atom is -0.468 e. The molecule has 90 valence electrons. The second-order valence-corrected chi connectivity index (χ2v) is 5.64. The fourth-order valence-electron chi connectivity index (χ4n) is 1.92. The summed E-state index contributed by atoms with van der Waals surface area (Å²) in [5.74, 6) is 4.14. The van der Waals surface area contributed by atoms with Gasteiger partial charge in [-0.05, 0) is 36.1 Å². The molecule has 0 aliphatic carbocycles. The molecule has 0 amide bonds. The lowest BCUT2D eigenvalue weighted by molar-refractivity contribution is 0.0371. The molecule has 2 heterocycles. The van der Waals surface area contributed by atoms with Crippen molar-refractivity contribution in [1.82, 2.24) is 0 Å². The molecule has 0 radical (unpaired) electrons. The van der Waals surface area contributed by atoms with E-state index < -0.39 is 0 Å². The summed E-state index contributed by atoms with van der Waals surface area (Å²) in [6.07, 6.45) is 4.02. The molecule has 1 aromatic rings. The van der Waals surface area contributed by atoms with Crippen molar-refractivity contribution in [3.8, 4) is 0 Å². The Kier molecular flexibility index (Phi) is 4.67. The number of thioether (sulfide) groups is 1. The highest BCUT2D eigenvalue weighted by Gasteiger charge is 2.31. The zero-order valence-electron chi connectivity index (χ0n) is 9.35. The first kappa shape index (κ1) is 12.4. The Balaban J connectivity index is 1.78. The third-order valence-electron chi connectivity index (χ3n) is 3.12. The SMILES string of the molecule is SCC1(CSCc2ccco2)CCOCC1.